The highest BCUT2D eigenvalue weighted by Gasteiger charge is 2.29. The summed E-state index contributed by atoms with van der Waals surface area (Å²) in [6, 6.07) is 34.7. The van der Waals surface area contributed by atoms with Gasteiger partial charge >= 0.3 is 0 Å². The average molecular weight is 583 g/mol. The first-order valence-electron chi connectivity index (χ1n) is 15.6. The summed E-state index contributed by atoms with van der Waals surface area (Å²) < 4.78 is 4.76. The van der Waals surface area contributed by atoms with Crippen molar-refractivity contribution < 1.29 is 0 Å². The number of nitrogens with zero attached hydrogens (tertiary/aromatic N) is 6. The fourth-order valence-corrected chi connectivity index (χ4v) is 8.93. The molecule has 0 bridgehead atoms. The molecule has 0 saturated heterocycles. The zero-order valence-electron chi connectivity index (χ0n) is 24.1. The van der Waals surface area contributed by atoms with E-state index in [1.54, 1.807) is 0 Å². The molecular weight excluding hydrogens is 564 g/mol. The van der Waals surface area contributed by atoms with Crippen LogP contribution in [0.25, 0.3) is 120 Å². The van der Waals surface area contributed by atoms with E-state index in [0.29, 0.717) is 0 Å². The van der Waals surface area contributed by atoms with Gasteiger partial charge in [-0.15, -0.1) is 0 Å². The van der Waals surface area contributed by atoms with Gasteiger partial charge in [0.15, 0.2) is 0 Å². The molecule has 13 aromatic rings. The Morgan fingerprint density at radius 1 is 0.348 bits per heavy atom. The average Bonchev–Trinajstić information content (AvgIpc) is 3.89. The largest absolute Gasteiger partial charge is 0.290 e. The number of benzene rings is 5. The maximum atomic E-state index is 5.63. The highest BCUT2D eigenvalue weighted by molar-refractivity contribution is 6.40. The lowest BCUT2D eigenvalue weighted by molar-refractivity contribution is 1.24. The summed E-state index contributed by atoms with van der Waals surface area (Å²) in [6.45, 7) is 0. The fraction of sp³-hybridized carbons (Fsp3) is 0. The van der Waals surface area contributed by atoms with Crippen molar-refractivity contribution in [3.63, 3.8) is 0 Å². The third kappa shape index (κ3) is 2.19. The van der Waals surface area contributed by atoms with Gasteiger partial charge in [0, 0.05) is 71.6 Å². The molecule has 6 aromatic carbocycles. The number of rotatable bonds is 0. The minimum Gasteiger partial charge on any atom is -0.290 e. The van der Waals surface area contributed by atoms with Crippen molar-refractivity contribution in [1.82, 2.24) is 28.7 Å². The maximum absolute atomic E-state index is 5.63. The lowest BCUT2D eigenvalue weighted by atomic mass is 10.0. The van der Waals surface area contributed by atoms with Crippen LogP contribution in [0.4, 0.5) is 0 Å². The van der Waals surface area contributed by atoms with Crippen molar-refractivity contribution in [3.8, 4) is 0 Å². The molecule has 7 aromatic heterocycles. The predicted molar refractivity (Wildman–Crippen MR) is 188 cm³/mol. The van der Waals surface area contributed by atoms with Crippen molar-refractivity contribution >= 4 is 120 Å². The lowest BCUT2D eigenvalue weighted by Crippen LogP contribution is -1.93. The second kappa shape index (κ2) is 7.11. The molecule has 46 heavy (non-hydrogen) atoms. The Labute approximate surface area is 257 Å². The number of hydrogen-bond donors (Lipinski definition) is 0. The summed E-state index contributed by atoms with van der Waals surface area (Å²) in [5.74, 6) is 0. The van der Waals surface area contributed by atoms with Gasteiger partial charge in [0.05, 0.1) is 33.1 Å². The molecule has 208 valence electrons. The zero-order chi connectivity index (χ0) is 29.4. The minimum absolute atomic E-state index is 0.928. The minimum atomic E-state index is 0.928. The third-order valence-electron chi connectivity index (χ3n) is 10.6. The third-order valence-corrected chi connectivity index (χ3v) is 10.6. The molecule has 6 nitrogen and oxygen atoms in total. The molecular formula is C40H18N6. The molecule has 0 atom stereocenters. The highest BCUT2D eigenvalue weighted by Crippen LogP contribution is 2.49. The Balaban J connectivity index is 1.46. The van der Waals surface area contributed by atoms with E-state index in [1.165, 1.54) is 32.6 Å². The van der Waals surface area contributed by atoms with Crippen LogP contribution in [0.5, 0.6) is 0 Å². The van der Waals surface area contributed by atoms with Crippen molar-refractivity contribution in [3.05, 3.63) is 109 Å². The van der Waals surface area contributed by atoms with Gasteiger partial charge in [-0.1, -0.05) is 72.8 Å². The lowest BCUT2D eigenvalue weighted by Gasteiger charge is -2.07. The zero-order valence-corrected chi connectivity index (χ0v) is 24.1. The first kappa shape index (κ1) is 22.2. The topological polar surface area (TPSA) is 60.4 Å². The van der Waals surface area contributed by atoms with Gasteiger partial charge in [-0.25, -0.2) is 19.9 Å². The van der Waals surface area contributed by atoms with Crippen LogP contribution in [0, 0.1) is 0 Å². The molecule has 6 heteroatoms. The van der Waals surface area contributed by atoms with Gasteiger partial charge in [-0.3, -0.25) is 8.80 Å². The summed E-state index contributed by atoms with van der Waals surface area (Å²) in [4.78, 5) is 21.2. The Morgan fingerprint density at radius 2 is 0.783 bits per heavy atom. The normalized spacial score (nSPS) is 13.2. The molecule has 0 spiro atoms. The summed E-state index contributed by atoms with van der Waals surface area (Å²) in [7, 11) is 0. The van der Waals surface area contributed by atoms with E-state index in [4.69, 9.17) is 19.9 Å². The van der Waals surface area contributed by atoms with Crippen molar-refractivity contribution in [2.24, 2.45) is 0 Å². The van der Waals surface area contributed by atoms with E-state index in [1.807, 2.05) is 24.5 Å². The van der Waals surface area contributed by atoms with Crippen LogP contribution in [0.3, 0.4) is 0 Å². The quantitative estimate of drug-likeness (QED) is 0.179. The number of fused-ring (bicyclic) bond motifs is 19. The second-order valence-corrected chi connectivity index (χ2v) is 12.6. The molecule has 0 fully saturated rings. The van der Waals surface area contributed by atoms with Crippen LogP contribution in [0.2, 0.25) is 0 Å². The standard InChI is InChI=1S/C40H18N6/c1-7-19-8-2-12-25-28(19)24(11-1)31-32(25)44-34-30-27-14-4-10-21-23-16-6-18-42-40(23)46(36(21)27)38(30)37-29(33(34)43-31)26-13-3-9-20-22-15-5-17-41-39(22)45(37)35(20)26/h1-18H. The smallest absolute Gasteiger partial charge is 0.145 e. The molecule has 0 aliphatic carbocycles. The summed E-state index contributed by atoms with van der Waals surface area (Å²) in [5, 5.41) is 14.0. The summed E-state index contributed by atoms with van der Waals surface area (Å²) in [5.41, 5.74) is 10.2. The van der Waals surface area contributed by atoms with Crippen LogP contribution < -0.4 is 0 Å². The van der Waals surface area contributed by atoms with E-state index < -0.39 is 0 Å². The van der Waals surface area contributed by atoms with Crippen LogP contribution in [-0.2, 0) is 0 Å². The summed E-state index contributed by atoms with van der Waals surface area (Å²) >= 11 is 0. The summed E-state index contributed by atoms with van der Waals surface area (Å²) in [6.07, 6.45) is 3.79. The molecule has 0 N–H and O–H groups in total. The monoisotopic (exact) mass is 582 g/mol. The Bertz CT molecular complexity index is 3250. The van der Waals surface area contributed by atoms with E-state index in [0.717, 1.165) is 87.5 Å². The van der Waals surface area contributed by atoms with Crippen LogP contribution >= 0.6 is 0 Å². The van der Waals surface area contributed by atoms with Crippen LogP contribution in [0.1, 0.15) is 0 Å². The van der Waals surface area contributed by atoms with E-state index in [2.05, 4.69) is 93.7 Å². The van der Waals surface area contributed by atoms with Crippen molar-refractivity contribution in [2.45, 2.75) is 0 Å². The maximum Gasteiger partial charge on any atom is 0.145 e. The molecule has 0 unspecified atom stereocenters. The van der Waals surface area contributed by atoms with E-state index in [9.17, 15) is 0 Å². The molecule has 7 heterocycles. The number of hydrogen-bond acceptors (Lipinski definition) is 4. The van der Waals surface area contributed by atoms with Crippen LogP contribution in [0.15, 0.2) is 109 Å². The Morgan fingerprint density at radius 3 is 1.30 bits per heavy atom. The Kier molecular flexibility index (Phi) is 3.43. The SMILES string of the molecule is c1cc2cccc3c4nc5c(nc4c(c1)c23)c1c2cccc3c4cccnc4n(c32)c1c1c5c2cccc3c4cccnc4n1c32. The molecule has 13 rings (SSSR count). The van der Waals surface area contributed by atoms with Crippen molar-refractivity contribution in [1.29, 1.82) is 0 Å². The van der Waals surface area contributed by atoms with Gasteiger partial charge in [-0.05, 0) is 29.7 Å². The van der Waals surface area contributed by atoms with Crippen molar-refractivity contribution in [2.75, 3.05) is 0 Å². The Hall–Kier alpha value is -6.40. The predicted octanol–water partition coefficient (Wildman–Crippen LogP) is 9.62. The van der Waals surface area contributed by atoms with E-state index in [-0.39, 0.29) is 0 Å². The second-order valence-electron chi connectivity index (χ2n) is 12.6. The first-order chi connectivity index (χ1) is 22.9. The van der Waals surface area contributed by atoms with Gasteiger partial charge in [-0.2, -0.15) is 0 Å². The van der Waals surface area contributed by atoms with Crippen LogP contribution in [-0.4, -0.2) is 28.7 Å². The van der Waals surface area contributed by atoms with Gasteiger partial charge in [0.25, 0.3) is 0 Å². The molecule has 0 aliphatic rings. The van der Waals surface area contributed by atoms with Gasteiger partial charge in [0.2, 0.25) is 0 Å². The number of aromatic nitrogens is 6. The number of pyridine rings is 2. The first-order valence-corrected chi connectivity index (χ1v) is 15.6. The van der Waals surface area contributed by atoms with Gasteiger partial charge < -0.3 is 0 Å². The van der Waals surface area contributed by atoms with Gasteiger partial charge in [0.1, 0.15) is 22.3 Å². The molecule has 0 saturated carbocycles. The number of para-hydroxylation sites is 2. The fourth-order valence-electron chi connectivity index (χ4n) is 8.93. The highest BCUT2D eigenvalue weighted by atomic mass is 15.0. The molecule has 0 amide bonds. The van der Waals surface area contributed by atoms with E-state index >= 15 is 0 Å². The molecule has 0 radical (unpaired) electrons. The molecule has 0 aliphatic heterocycles.